The van der Waals surface area contributed by atoms with Crippen molar-refractivity contribution in [2.45, 2.75) is 57.0 Å². The fourth-order valence-electron chi connectivity index (χ4n) is 3.80. The lowest BCUT2D eigenvalue weighted by Crippen LogP contribution is -2.50. The molecule has 1 atom stereocenters. The first-order valence-corrected chi connectivity index (χ1v) is 13.5. The van der Waals surface area contributed by atoms with Crippen LogP contribution in [0.2, 0.25) is 20.1 Å². The smallest absolute Gasteiger partial charge is 0.242 e. The van der Waals surface area contributed by atoms with Gasteiger partial charge in [-0.05, 0) is 55.2 Å². The Morgan fingerprint density at radius 2 is 1.70 bits per heavy atom. The molecule has 9 heteroatoms. The molecule has 0 aliphatic heterocycles. The van der Waals surface area contributed by atoms with Crippen molar-refractivity contribution in [3.05, 3.63) is 67.6 Å². The number of hydrogen-bond acceptors (Lipinski definition) is 3. The Morgan fingerprint density at radius 3 is 2.33 bits per heavy atom. The number of thioether (sulfide) groups is 1. The summed E-state index contributed by atoms with van der Waals surface area (Å²) < 4.78 is 0. The third-order valence-corrected chi connectivity index (χ3v) is 8.13. The summed E-state index contributed by atoms with van der Waals surface area (Å²) in [6.07, 6.45) is 4.19. The number of halogens is 4. The number of benzene rings is 2. The van der Waals surface area contributed by atoms with Crippen molar-refractivity contribution in [2.24, 2.45) is 0 Å². The van der Waals surface area contributed by atoms with E-state index < -0.39 is 6.04 Å². The maximum absolute atomic E-state index is 13.2. The number of nitrogens with one attached hydrogen (secondary N) is 1. The van der Waals surface area contributed by atoms with E-state index in [4.69, 9.17) is 46.4 Å². The molecular weight excluding hydrogens is 522 g/mol. The van der Waals surface area contributed by atoms with Crippen LogP contribution in [0, 0.1) is 0 Å². The van der Waals surface area contributed by atoms with Crippen molar-refractivity contribution in [1.29, 1.82) is 0 Å². The fourth-order valence-corrected chi connectivity index (χ4v) is 5.77. The van der Waals surface area contributed by atoms with Crippen LogP contribution in [0.4, 0.5) is 0 Å². The lowest BCUT2D eigenvalue weighted by Gasteiger charge is -2.30. The van der Waals surface area contributed by atoms with Crippen molar-refractivity contribution in [1.82, 2.24) is 10.2 Å². The van der Waals surface area contributed by atoms with Gasteiger partial charge in [-0.1, -0.05) is 71.4 Å². The molecule has 3 rings (SSSR count). The minimum atomic E-state index is -0.628. The van der Waals surface area contributed by atoms with E-state index in [0.717, 1.165) is 36.8 Å². The molecule has 2 amide bonds. The van der Waals surface area contributed by atoms with Gasteiger partial charge in [0.1, 0.15) is 6.04 Å². The van der Waals surface area contributed by atoms with E-state index in [1.165, 1.54) is 11.8 Å². The molecule has 0 aromatic heterocycles. The first-order chi connectivity index (χ1) is 15.8. The van der Waals surface area contributed by atoms with Gasteiger partial charge in [0, 0.05) is 28.4 Å². The van der Waals surface area contributed by atoms with E-state index in [1.54, 1.807) is 42.2 Å². The molecule has 0 saturated heterocycles. The Kier molecular flexibility index (Phi) is 10.1. The minimum absolute atomic E-state index is 0.144. The second kappa shape index (κ2) is 12.6. The van der Waals surface area contributed by atoms with Gasteiger partial charge in [0.25, 0.3) is 0 Å². The molecule has 2 aromatic rings. The van der Waals surface area contributed by atoms with Gasteiger partial charge in [-0.25, -0.2) is 0 Å². The van der Waals surface area contributed by atoms with Gasteiger partial charge in [-0.15, -0.1) is 11.8 Å². The summed E-state index contributed by atoms with van der Waals surface area (Å²) in [5, 5.41) is 5.08. The molecule has 4 nitrogen and oxygen atoms in total. The summed E-state index contributed by atoms with van der Waals surface area (Å²) in [7, 11) is 0. The Labute approximate surface area is 219 Å². The van der Waals surface area contributed by atoms with Crippen molar-refractivity contribution in [2.75, 3.05) is 5.75 Å². The standard InChI is InChI=1S/C24H26Cl4N2O2S/c1-15(24(32)29-17-5-2-3-6-17)30(12-16-9-10-21(27)22(28)11-16)23(31)14-33-13-18-19(25)7-4-8-20(18)26/h4,7-11,15,17H,2-3,5-6,12-14H2,1H3,(H,29,32)/t15-/m1/s1. The highest BCUT2D eigenvalue weighted by atomic mass is 35.5. The SMILES string of the molecule is C[C@H](C(=O)NC1CCCC1)N(Cc1ccc(Cl)c(Cl)c1)C(=O)CSCc1c(Cl)cccc1Cl. The van der Waals surface area contributed by atoms with Crippen LogP contribution in [0.1, 0.15) is 43.7 Å². The zero-order valence-corrected chi connectivity index (χ0v) is 22.1. The third-order valence-electron chi connectivity index (χ3n) is 5.74. The average molecular weight is 548 g/mol. The number of nitrogens with zero attached hydrogens (tertiary/aromatic N) is 1. The normalized spacial score (nSPS) is 14.8. The quantitative estimate of drug-likeness (QED) is 0.367. The summed E-state index contributed by atoms with van der Waals surface area (Å²) in [5.41, 5.74) is 1.60. The Morgan fingerprint density at radius 1 is 1.03 bits per heavy atom. The van der Waals surface area contributed by atoms with E-state index in [9.17, 15) is 9.59 Å². The fraction of sp³-hybridized carbons (Fsp3) is 0.417. The first kappa shape index (κ1) is 26.5. The molecule has 1 fully saturated rings. The third kappa shape index (κ3) is 7.43. The molecule has 0 radical (unpaired) electrons. The molecule has 1 aliphatic carbocycles. The summed E-state index contributed by atoms with van der Waals surface area (Å²) in [6.45, 7) is 2.01. The summed E-state index contributed by atoms with van der Waals surface area (Å²) in [4.78, 5) is 27.8. The van der Waals surface area contributed by atoms with E-state index in [0.29, 0.717) is 25.8 Å². The first-order valence-electron chi connectivity index (χ1n) is 10.8. The summed E-state index contributed by atoms with van der Waals surface area (Å²) >= 11 is 26.1. The molecule has 0 heterocycles. The van der Waals surface area contributed by atoms with Gasteiger partial charge in [0.15, 0.2) is 0 Å². The van der Waals surface area contributed by atoms with E-state index in [-0.39, 0.29) is 30.2 Å². The van der Waals surface area contributed by atoms with Crippen molar-refractivity contribution in [3.63, 3.8) is 0 Å². The molecule has 2 aromatic carbocycles. The molecule has 1 aliphatic rings. The highest BCUT2D eigenvalue weighted by Gasteiger charge is 2.28. The summed E-state index contributed by atoms with van der Waals surface area (Å²) in [5.74, 6) is 0.384. The molecule has 0 spiro atoms. The minimum Gasteiger partial charge on any atom is -0.352 e. The summed E-state index contributed by atoms with van der Waals surface area (Å²) in [6, 6.07) is 10.1. The Bertz CT molecular complexity index is 978. The second-order valence-corrected chi connectivity index (χ2v) is 10.7. The van der Waals surface area contributed by atoms with Gasteiger partial charge in [0.2, 0.25) is 11.8 Å². The van der Waals surface area contributed by atoms with Crippen molar-refractivity contribution < 1.29 is 9.59 Å². The number of rotatable bonds is 9. The zero-order chi connectivity index (χ0) is 24.0. The number of amides is 2. The van der Waals surface area contributed by atoms with E-state index in [1.807, 2.05) is 6.07 Å². The monoisotopic (exact) mass is 546 g/mol. The molecule has 0 bridgehead atoms. The largest absolute Gasteiger partial charge is 0.352 e. The predicted molar refractivity (Wildman–Crippen MR) is 139 cm³/mol. The number of carbonyl (C=O) groups excluding carboxylic acids is 2. The van der Waals surface area contributed by atoms with Gasteiger partial charge < -0.3 is 10.2 Å². The Balaban J connectivity index is 1.70. The zero-order valence-electron chi connectivity index (χ0n) is 18.3. The number of hydrogen-bond donors (Lipinski definition) is 1. The average Bonchev–Trinajstić information content (AvgIpc) is 3.29. The lowest BCUT2D eigenvalue weighted by atomic mass is 10.1. The van der Waals surface area contributed by atoms with Gasteiger partial charge in [-0.3, -0.25) is 9.59 Å². The highest BCUT2D eigenvalue weighted by Crippen LogP contribution is 2.29. The van der Waals surface area contributed by atoms with Crippen LogP contribution < -0.4 is 5.32 Å². The second-order valence-electron chi connectivity index (χ2n) is 8.13. The Hall–Kier alpha value is -1.11. The molecule has 0 unspecified atom stereocenters. The molecule has 1 N–H and O–H groups in total. The van der Waals surface area contributed by atoms with E-state index in [2.05, 4.69) is 5.32 Å². The molecule has 178 valence electrons. The van der Waals surface area contributed by atoms with Crippen LogP contribution in [-0.2, 0) is 21.9 Å². The topological polar surface area (TPSA) is 49.4 Å². The van der Waals surface area contributed by atoms with E-state index >= 15 is 0 Å². The lowest BCUT2D eigenvalue weighted by molar-refractivity contribution is -0.138. The van der Waals surface area contributed by atoms with Crippen LogP contribution in [0.3, 0.4) is 0 Å². The van der Waals surface area contributed by atoms with Crippen molar-refractivity contribution >= 4 is 70.0 Å². The predicted octanol–water partition coefficient (Wildman–Crippen LogP) is 7.01. The maximum atomic E-state index is 13.2. The van der Waals surface area contributed by atoms with Crippen LogP contribution in [-0.4, -0.2) is 34.6 Å². The van der Waals surface area contributed by atoms with Crippen molar-refractivity contribution in [3.8, 4) is 0 Å². The highest BCUT2D eigenvalue weighted by molar-refractivity contribution is 7.99. The van der Waals surface area contributed by atoms with Gasteiger partial charge >= 0.3 is 0 Å². The van der Waals surface area contributed by atoms with Crippen LogP contribution in [0.5, 0.6) is 0 Å². The van der Waals surface area contributed by atoms with Crippen LogP contribution >= 0.6 is 58.2 Å². The molecular formula is C24H26Cl4N2O2S. The number of carbonyl (C=O) groups is 2. The van der Waals surface area contributed by atoms with Crippen LogP contribution in [0.15, 0.2) is 36.4 Å². The maximum Gasteiger partial charge on any atom is 0.242 e. The van der Waals surface area contributed by atoms with Gasteiger partial charge in [-0.2, -0.15) is 0 Å². The van der Waals surface area contributed by atoms with Crippen LogP contribution in [0.25, 0.3) is 0 Å². The van der Waals surface area contributed by atoms with Gasteiger partial charge in [0.05, 0.1) is 15.8 Å². The molecule has 1 saturated carbocycles. The molecule has 33 heavy (non-hydrogen) atoms.